The van der Waals surface area contributed by atoms with Gasteiger partial charge in [0.25, 0.3) is 10.2 Å². The molecule has 0 amide bonds. The van der Waals surface area contributed by atoms with Gasteiger partial charge in [0.05, 0.1) is 6.54 Å². The molecule has 1 aromatic rings. The summed E-state index contributed by atoms with van der Waals surface area (Å²) in [5, 5.41) is 0. The molecule has 1 aliphatic heterocycles. The normalized spacial score (nSPS) is 18.1. The van der Waals surface area contributed by atoms with Crippen LogP contribution in [0.15, 0.2) is 16.5 Å². The molecule has 0 bridgehead atoms. The van der Waals surface area contributed by atoms with Crippen molar-refractivity contribution in [2.45, 2.75) is 26.3 Å². The Morgan fingerprint density at radius 2 is 2.00 bits per heavy atom. The lowest BCUT2D eigenvalue weighted by atomic mass is 10.4. The maximum atomic E-state index is 12.2. The number of hydrogen-bond donors (Lipinski definition) is 0. The molecule has 17 heavy (non-hydrogen) atoms. The molecule has 0 aromatic carbocycles. The Morgan fingerprint density at radius 1 is 1.35 bits per heavy atom. The maximum absolute atomic E-state index is 12.2. The van der Waals surface area contributed by atoms with Crippen LogP contribution in [0.1, 0.15) is 24.4 Å². The molecule has 2 rings (SSSR count). The van der Waals surface area contributed by atoms with Gasteiger partial charge in [-0.25, -0.2) is 0 Å². The van der Waals surface area contributed by atoms with Crippen molar-refractivity contribution in [3.8, 4) is 0 Å². The van der Waals surface area contributed by atoms with Gasteiger partial charge in [-0.05, 0) is 31.9 Å². The Bertz CT molecular complexity index is 475. The number of aryl methyl sites for hydroxylation is 1. The fourth-order valence-electron chi connectivity index (χ4n) is 1.99. The molecular weight excluding hydrogens is 240 g/mol. The summed E-state index contributed by atoms with van der Waals surface area (Å²) in [5.41, 5.74) is 0. The highest BCUT2D eigenvalue weighted by Gasteiger charge is 2.29. The van der Waals surface area contributed by atoms with Crippen molar-refractivity contribution >= 4 is 10.2 Å². The summed E-state index contributed by atoms with van der Waals surface area (Å²) in [7, 11) is -1.73. The zero-order valence-corrected chi connectivity index (χ0v) is 11.0. The first-order chi connectivity index (χ1) is 8.00. The van der Waals surface area contributed by atoms with Gasteiger partial charge in [-0.15, -0.1) is 0 Å². The second-order valence-corrected chi connectivity index (χ2v) is 6.42. The third-order valence-electron chi connectivity index (χ3n) is 2.96. The van der Waals surface area contributed by atoms with Gasteiger partial charge in [0.2, 0.25) is 0 Å². The van der Waals surface area contributed by atoms with Crippen molar-refractivity contribution in [1.82, 2.24) is 8.61 Å². The van der Waals surface area contributed by atoms with Gasteiger partial charge >= 0.3 is 0 Å². The van der Waals surface area contributed by atoms with Gasteiger partial charge in [0.1, 0.15) is 11.5 Å². The molecular formula is C11H18N2O3S. The second kappa shape index (κ2) is 4.80. The minimum absolute atomic E-state index is 0.284. The molecule has 6 heteroatoms. The van der Waals surface area contributed by atoms with E-state index in [0.717, 1.165) is 18.6 Å². The molecule has 1 fully saturated rings. The summed E-state index contributed by atoms with van der Waals surface area (Å²) in [6, 6.07) is 3.65. The zero-order valence-electron chi connectivity index (χ0n) is 10.2. The third-order valence-corrected chi connectivity index (χ3v) is 4.89. The van der Waals surface area contributed by atoms with Crippen LogP contribution in [0.2, 0.25) is 0 Å². The first-order valence-corrected chi connectivity index (χ1v) is 7.16. The average molecular weight is 258 g/mol. The predicted octanol–water partition coefficient (Wildman–Crippen LogP) is 1.36. The van der Waals surface area contributed by atoms with Gasteiger partial charge in [-0.3, -0.25) is 0 Å². The van der Waals surface area contributed by atoms with E-state index in [2.05, 4.69) is 0 Å². The van der Waals surface area contributed by atoms with Gasteiger partial charge in [-0.1, -0.05) is 0 Å². The number of nitrogens with zero attached hydrogens (tertiary/aromatic N) is 2. The first-order valence-electron chi connectivity index (χ1n) is 5.77. The molecule has 1 saturated heterocycles. The van der Waals surface area contributed by atoms with Gasteiger partial charge in [-0.2, -0.15) is 17.0 Å². The highest BCUT2D eigenvalue weighted by atomic mass is 32.2. The number of furan rings is 1. The molecule has 0 N–H and O–H groups in total. The van der Waals surface area contributed by atoms with Crippen LogP contribution in [0.4, 0.5) is 0 Å². The summed E-state index contributed by atoms with van der Waals surface area (Å²) in [6.45, 7) is 3.39. The summed E-state index contributed by atoms with van der Waals surface area (Å²) < 4.78 is 32.6. The summed E-state index contributed by atoms with van der Waals surface area (Å²) in [5.74, 6) is 1.47. The van der Waals surface area contributed by atoms with Crippen LogP contribution in [-0.2, 0) is 16.8 Å². The Hall–Kier alpha value is -0.850. The molecule has 1 aliphatic rings. The smallest absolute Gasteiger partial charge is 0.282 e. The molecule has 5 nitrogen and oxygen atoms in total. The molecule has 1 aromatic heterocycles. The Kier molecular flexibility index (Phi) is 3.56. The summed E-state index contributed by atoms with van der Waals surface area (Å²) in [6.07, 6.45) is 1.90. The molecule has 0 atom stereocenters. The van der Waals surface area contributed by atoms with Crippen molar-refractivity contribution in [3.05, 3.63) is 23.7 Å². The fraction of sp³-hybridized carbons (Fsp3) is 0.636. The van der Waals surface area contributed by atoms with Crippen LogP contribution in [0.5, 0.6) is 0 Å². The SMILES string of the molecule is Cc1ccc(CN(C)S(=O)(=O)N2CCCC2)o1. The van der Waals surface area contributed by atoms with E-state index in [9.17, 15) is 8.42 Å². The molecule has 2 heterocycles. The van der Waals surface area contributed by atoms with E-state index in [0.29, 0.717) is 18.8 Å². The molecule has 96 valence electrons. The quantitative estimate of drug-likeness (QED) is 0.819. The van der Waals surface area contributed by atoms with E-state index >= 15 is 0 Å². The van der Waals surface area contributed by atoms with Crippen LogP contribution in [-0.4, -0.2) is 37.2 Å². The average Bonchev–Trinajstić information content (AvgIpc) is 2.89. The maximum Gasteiger partial charge on any atom is 0.282 e. The van der Waals surface area contributed by atoms with Gasteiger partial charge < -0.3 is 4.42 Å². The van der Waals surface area contributed by atoms with E-state index in [1.165, 1.54) is 8.61 Å². The third kappa shape index (κ3) is 2.70. The summed E-state index contributed by atoms with van der Waals surface area (Å²) >= 11 is 0. The standard InChI is InChI=1S/C11H18N2O3S/c1-10-5-6-11(16-10)9-12(2)17(14,15)13-7-3-4-8-13/h5-6H,3-4,7-9H2,1-2H3. The number of rotatable bonds is 4. The van der Waals surface area contributed by atoms with E-state index in [-0.39, 0.29) is 6.54 Å². The van der Waals surface area contributed by atoms with E-state index in [4.69, 9.17) is 4.42 Å². The van der Waals surface area contributed by atoms with Crippen LogP contribution in [0.3, 0.4) is 0 Å². The molecule has 0 radical (unpaired) electrons. The molecule has 0 unspecified atom stereocenters. The summed E-state index contributed by atoms with van der Waals surface area (Å²) in [4.78, 5) is 0. The predicted molar refractivity (Wildman–Crippen MR) is 64.6 cm³/mol. The van der Waals surface area contributed by atoms with Crippen LogP contribution in [0, 0.1) is 6.92 Å². The van der Waals surface area contributed by atoms with Crippen molar-refractivity contribution in [3.63, 3.8) is 0 Å². The van der Waals surface area contributed by atoms with Crippen LogP contribution in [0.25, 0.3) is 0 Å². The van der Waals surface area contributed by atoms with Crippen LogP contribution >= 0.6 is 0 Å². The topological polar surface area (TPSA) is 53.8 Å². The Balaban J connectivity index is 2.06. The van der Waals surface area contributed by atoms with Crippen LogP contribution < -0.4 is 0 Å². The van der Waals surface area contributed by atoms with Crippen molar-refractivity contribution in [2.75, 3.05) is 20.1 Å². The minimum atomic E-state index is -3.32. The van der Waals surface area contributed by atoms with E-state index in [1.807, 2.05) is 19.1 Å². The minimum Gasteiger partial charge on any atom is -0.465 e. The largest absolute Gasteiger partial charge is 0.465 e. The van der Waals surface area contributed by atoms with E-state index in [1.54, 1.807) is 7.05 Å². The lowest BCUT2D eigenvalue weighted by Crippen LogP contribution is -2.39. The monoisotopic (exact) mass is 258 g/mol. The van der Waals surface area contributed by atoms with Crippen molar-refractivity contribution < 1.29 is 12.8 Å². The Morgan fingerprint density at radius 3 is 2.53 bits per heavy atom. The zero-order chi connectivity index (χ0) is 12.5. The molecule has 0 spiro atoms. The Labute approximate surface area is 102 Å². The highest BCUT2D eigenvalue weighted by molar-refractivity contribution is 7.86. The lowest BCUT2D eigenvalue weighted by Gasteiger charge is -2.22. The van der Waals surface area contributed by atoms with E-state index < -0.39 is 10.2 Å². The fourth-order valence-corrected chi connectivity index (χ4v) is 3.39. The highest BCUT2D eigenvalue weighted by Crippen LogP contribution is 2.18. The molecule has 0 aliphatic carbocycles. The lowest BCUT2D eigenvalue weighted by molar-refractivity contribution is 0.361. The molecule has 0 saturated carbocycles. The van der Waals surface area contributed by atoms with Crippen molar-refractivity contribution in [1.29, 1.82) is 0 Å². The first kappa shape index (κ1) is 12.6. The van der Waals surface area contributed by atoms with Gasteiger partial charge in [0.15, 0.2) is 0 Å². The second-order valence-electron chi connectivity index (χ2n) is 4.38. The van der Waals surface area contributed by atoms with Gasteiger partial charge in [0, 0.05) is 20.1 Å². The number of hydrogen-bond acceptors (Lipinski definition) is 3. The van der Waals surface area contributed by atoms with Crippen molar-refractivity contribution in [2.24, 2.45) is 0 Å².